The molecule has 0 unspecified atom stereocenters. The molecule has 1 aliphatic rings. The SMILES string of the molecule is Cc1ccc2c(c1)CCCN2c1ccc(C=O)cc1C. The minimum Gasteiger partial charge on any atom is -0.341 e. The largest absolute Gasteiger partial charge is 0.341 e. The molecule has 0 saturated carbocycles. The molecule has 2 nitrogen and oxygen atoms in total. The van der Waals surface area contributed by atoms with Gasteiger partial charge in [-0.25, -0.2) is 0 Å². The number of aryl methyl sites for hydroxylation is 3. The Bertz CT molecular complexity index is 660. The average Bonchev–Trinajstić information content (AvgIpc) is 2.46. The van der Waals surface area contributed by atoms with Gasteiger partial charge in [-0.3, -0.25) is 4.79 Å². The van der Waals surface area contributed by atoms with Crippen LogP contribution in [0.5, 0.6) is 0 Å². The quantitative estimate of drug-likeness (QED) is 0.758. The normalized spacial score (nSPS) is 14.0. The van der Waals surface area contributed by atoms with Crippen LogP contribution in [0, 0.1) is 13.8 Å². The maximum absolute atomic E-state index is 10.9. The summed E-state index contributed by atoms with van der Waals surface area (Å²) < 4.78 is 0. The third-order valence-corrected chi connectivity index (χ3v) is 4.00. The number of anilines is 2. The summed E-state index contributed by atoms with van der Waals surface area (Å²) in [4.78, 5) is 13.2. The van der Waals surface area contributed by atoms with Crippen LogP contribution in [0.1, 0.15) is 33.5 Å². The highest BCUT2D eigenvalue weighted by molar-refractivity contribution is 5.78. The minimum absolute atomic E-state index is 0.743. The third-order valence-electron chi connectivity index (χ3n) is 4.00. The fraction of sp³-hybridized carbons (Fsp3) is 0.278. The molecule has 3 rings (SSSR count). The van der Waals surface area contributed by atoms with Gasteiger partial charge in [0.1, 0.15) is 6.29 Å². The number of hydrogen-bond donors (Lipinski definition) is 0. The maximum atomic E-state index is 10.9. The van der Waals surface area contributed by atoms with Gasteiger partial charge in [0.05, 0.1) is 0 Å². The number of nitrogens with zero attached hydrogens (tertiary/aromatic N) is 1. The summed E-state index contributed by atoms with van der Waals surface area (Å²) in [6.45, 7) is 5.26. The van der Waals surface area contributed by atoms with E-state index in [1.165, 1.54) is 28.9 Å². The summed E-state index contributed by atoms with van der Waals surface area (Å²) >= 11 is 0. The van der Waals surface area contributed by atoms with Crippen molar-refractivity contribution in [3.05, 3.63) is 58.7 Å². The number of aldehydes is 1. The van der Waals surface area contributed by atoms with Gasteiger partial charge in [0.2, 0.25) is 0 Å². The van der Waals surface area contributed by atoms with E-state index in [0.717, 1.165) is 30.4 Å². The fourth-order valence-corrected chi connectivity index (χ4v) is 3.03. The number of fused-ring (bicyclic) bond motifs is 1. The molecule has 0 saturated heterocycles. The van der Waals surface area contributed by atoms with Crippen LogP contribution in [0.25, 0.3) is 0 Å². The molecule has 20 heavy (non-hydrogen) atoms. The van der Waals surface area contributed by atoms with Gasteiger partial charge in [0.15, 0.2) is 0 Å². The van der Waals surface area contributed by atoms with Crippen molar-refractivity contribution < 1.29 is 4.79 Å². The van der Waals surface area contributed by atoms with Gasteiger partial charge >= 0.3 is 0 Å². The molecule has 2 aromatic rings. The monoisotopic (exact) mass is 265 g/mol. The Morgan fingerprint density at radius 1 is 1.05 bits per heavy atom. The first-order valence-electron chi connectivity index (χ1n) is 7.12. The van der Waals surface area contributed by atoms with E-state index in [4.69, 9.17) is 0 Å². The van der Waals surface area contributed by atoms with Gasteiger partial charge in [-0.15, -0.1) is 0 Å². The lowest BCUT2D eigenvalue weighted by Crippen LogP contribution is -2.25. The molecule has 2 heteroatoms. The van der Waals surface area contributed by atoms with Gasteiger partial charge < -0.3 is 4.90 Å². The molecule has 0 spiro atoms. The molecule has 0 amide bonds. The highest BCUT2D eigenvalue weighted by atomic mass is 16.1. The molecule has 102 valence electrons. The van der Waals surface area contributed by atoms with E-state index in [9.17, 15) is 4.79 Å². The van der Waals surface area contributed by atoms with E-state index >= 15 is 0 Å². The molecule has 0 atom stereocenters. The van der Waals surface area contributed by atoms with E-state index in [0.29, 0.717) is 0 Å². The van der Waals surface area contributed by atoms with Crippen molar-refractivity contribution in [1.82, 2.24) is 0 Å². The van der Waals surface area contributed by atoms with Gasteiger partial charge in [0.25, 0.3) is 0 Å². The Morgan fingerprint density at radius 2 is 1.85 bits per heavy atom. The van der Waals surface area contributed by atoms with E-state index in [1.807, 2.05) is 12.1 Å². The number of hydrogen-bond acceptors (Lipinski definition) is 2. The Balaban J connectivity index is 2.06. The van der Waals surface area contributed by atoms with Crippen LogP contribution in [0.15, 0.2) is 36.4 Å². The maximum Gasteiger partial charge on any atom is 0.150 e. The van der Waals surface area contributed by atoms with Crippen LogP contribution >= 0.6 is 0 Å². The summed E-state index contributed by atoms with van der Waals surface area (Å²) in [7, 11) is 0. The van der Waals surface area contributed by atoms with Crippen LogP contribution < -0.4 is 4.90 Å². The molecule has 0 N–H and O–H groups in total. The van der Waals surface area contributed by atoms with Gasteiger partial charge in [-0.2, -0.15) is 0 Å². The Hall–Kier alpha value is -2.09. The Labute approximate surface area is 120 Å². The Morgan fingerprint density at radius 3 is 2.60 bits per heavy atom. The Kier molecular flexibility index (Phi) is 3.31. The molecular weight excluding hydrogens is 246 g/mol. The van der Waals surface area contributed by atoms with Crippen molar-refractivity contribution >= 4 is 17.7 Å². The van der Waals surface area contributed by atoms with Gasteiger partial charge in [0, 0.05) is 23.5 Å². The summed E-state index contributed by atoms with van der Waals surface area (Å²) in [6, 6.07) is 12.6. The van der Waals surface area contributed by atoms with Gasteiger partial charge in [-0.05, 0) is 62.1 Å². The first-order valence-corrected chi connectivity index (χ1v) is 7.12. The van der Waals surface area contributed by atoms with Crippen molar-refractivity contribution in [2.45, 2.75) is 26.7 Å². The number of rotatable bonds is 2. The smallest absolute Gasteiger partial charge is 0.150 e. The zero-order valence-corrected chi connectivity index (χ0v) is 12.0. The molecule has 0 aromatic heterocycles. The van der Waals surface area contributed by atoms with E-state index in [2.05, 4.69) is 43.0 Å². The van der Waals surface area contributed by atoms with Crippen LogP contribution in [0.2, 0.25) is 0 Å². The number of benzene rings is 2. The van der Waals surface area contributed by atoms with Crippen LogP contribution in [-0.2, 0) is 6.42 Å². The topological polar surface area (TPSA) is 20.3 Å². The third kappa shape index (κ3) is 2.22. The molecule has 1 aliphatic heterocycles. The summed E-state index contributed by atoms with van der Waals surface area (Å²) in [5, 5.41) is 0. The first kappa shape index (κ1) is 12.9. The van der Waals surface area contributed by atoms with Crippen LogP contribution in [0.3, 0.4) is 0 Å². The second-order valence-corrected chi connectivity index (χ2v) is 5.55. The molecule has 0 radical (unpaired) electrons. The van der Waals surface area contributed by atoms with E-state index < -0.39 is 0 Å². The van der Waals surface area contributed by atoms with Crippen LogP contribution in [0.4, 0.5) is 11.4 Å². The standard InChI is InChI=1S/C18H19NO/c1-13-5-7-18-16(10-13)4-3-9-19(18)17-8-6-15(12-20)11-14(17)2/h5-8,10-12H,3-4,9H2,1-2H3. The fourth-order valence-electron chi connectivity index (χ4n) is 3.03. The minimum atomic E-state index is 0.743. The van der Waals surface area contributed by atoms with Crippen LogP contribution in [-0.4, -0.2) is 12.8 Å². The molecule has 0 aliphatic carbocycles. The second kappa shape index (κ2) is 5.12. The van der Waals surface area contributed by atoms with Crippen molar-refractivity contribution in [2.75, 3.05) is 11.4 Å². The van der Waals surface area contributed by atoms with Gasteiger partial charge in [-0.1, -0.05) is 17.7 Å². The molecule has 2 aromatic carbocycles. The number of carbonyl (C=O) groups is 1. The van der Waals surface area contributed by atoms with Crippen molar-refractivity contribution in [3.8, 4) is 0 Å². The predicted octanol–water partition coefficient (Wildman–Crippen LogP) is 4.20. The van der Waals surface area contributed by atoms with E-state index in [1.54, 1.807) is 0 Å². The molecule has 0 fully saturated rings. The van der Waals surface area contributed by atoms with Crippen molar-refractivity contribution in [2.24, 2.45) is 0 Å². The predicted molar refractivity (Wildman–Crippen MR) is 83.1 cm³/mol. The molecule has 0 bridgehead atoms. The highest BCUT2D eigenvalue weighted by Crippen LogP contribution is 2.35. The second-order valence-electron chi connectivity index (χ2n) is 5.55. The zero-order valence-electron chi connectivity index (χ0n) is 12.0. The lowest BCUT2D eigenvalue weighted by molar-refractivity contribution is 0.112. The lowest BCUT2D eigenvalue weighted by Gasteiger charge is -2.32. The number of carbonyl (C=O) groups excluding carboxylic acids is 1. The first-order chi connectivity index (χ1) is 9.69. The van der Waals surface area contributed by atoms with E-state index in [-0.39, 0.29) is 0 Å². The summed E-state index contributed by atoms with van der Waals surface area (Å²) in [5.41, 5.74) is 7.16. The van der Waals surface area contributed by atoms with Crippen molar-refractivity contribution in [1.29, 1.82) is 0 Å². The lowest BCUT2D eigenvalue weighted by atomic mass is 9.98. The molecule has 1 heterocycles. The average molecular weight is 265 g/mol. The molecular formula is C18H19NO. The summed E-state index contributed by atoms with van der Waals surface area (Å²) in [6.07, 6.45) is 3.23. The highest BCUT2D eigenvalue weighted by Gasteiger charge is 2.19. The zero-order chi connectivity index (χ0) is 14.1. The van der Waals surface area contributed by atoms with Crippen molar-refractivity contribution in [3.63, 3.8) is 0 Å². The summed E-state index contributed by atoms with van der Waals surface area (Å²) in [5.74, 6) is 0.